The van der Waals surface area contributed by atoms with Gasteiger partial charge in [0.05, 0.1) is 0 Å². The SMILES string of the molecule is CC.CC(C)c1ccccc1C(F)F. The normalized spacial score (nSPS) is 10.0. The average molecular weight is 200 g/mol. The summed E-state index contributed by atoms with van der Waals surface area (Å²) in [6.07, 6.45) is -2.36. The molecule has 0 nitrogen and oxygen atoms in total. The predicted molar refractivity (Wildman–Crippen MR) is 56.8 cm³/mol. The summed E-state index contributed by atoms with van der Waals surface area (Å²) in [6, 6.07) is 6.68. The Morgan fingerprint density at radius 1 is 0.929 bits per heavy atom. The Labute approximate surface area is 85.0 Å². The van der Waals surface area contributed by atoms with Crippen LogP contribution in [0.4, 0.5) is 8.78 Å². The van der Waals surface area contributed by atoms with Crippen LogP contribution < -0.4 is 0 Å². The highest BCUT2D eigenvalue weighted by Crippen LogP contribution is 2.27. The van der Waals surface area contributed by atoms with E-state index in [4.69, 9.17) is 0 Å². The molecule has 0 aliphatic heterocycles. The van der Waals surface area contributed by atoms with Crippen LogP contribution in [0.25, 0.3) is 0 Å². The number of hydrogen-bond donors (Lipinski definition) is 0. The van der Waals surface area contributed by atoms with Crippen molar-refractivity contribution in [2.75, 3.05) is 0 Å². The molecule has 0 aromatic heterocycles. The molecule has 0 saturated carbocycles. The van der Waals surface area contributed by atoms with Crippen molar-refractivity contribution < 1.29 is 8.78 Å². The lowest BCUT2D eigenvalue weighted by Gasteiger charge is -2.10. The molecule has 0 bridgehead atoms. The van der Waals surface area contributed by atoms with Crippen molar-refractivity contribution in [2.45, 2.75) is 40.0 Å². The fraction of sp³-hybridized carbons (Fsp3) is 0.500. The van der Waals surface area contributed by atoms with Crippen molar-refractivity contribution in [3.8, 4) is 0 Å². The maximum Gasteiger partial charge on any atom is 0.264 e. The molecular weight excluding hydrogens is 182 g/mol. The minimum absolute atomic E-state index is 0.160. The van der Waals surface area contributed by atoms with E-state index in [2.05, 4.69) is 0 Å². The number of halogens is 2. The van der Waals surface area contributed by atoms with E-state index in [1.807, 2.05) is 27.7 Å². The third-order valence-corrected chi connectivity index (χ3v) is 1.85. The van der Waals surface area contributed by atoms with Crippen molar-refractivity contribution in [3.05, 3.63) is 35.4 Å². The zero-order valence-corrected chi connectivity index (χ0v) is 9.22. The molecule has 0 aliphatic carbocycles. The van der Waals surface area contributed by atoms with Gasteiger partial charge in [-0.2, -0.15) is 0 Å². The van der Waals surface area contributed by atoms with E-state index in [1.165, 1.54) is 6.07 Å². The molecule has 2 heteroatoms. The highest BCUT2D eigenvalue weighted by Gasteiger charge is 2.13. The summed E-state index contributed by atoms with van der Waals surface area (Å²) >= 11 is 0. The standard InChI is InChI=1S/C10H12F2.C2H6/c1-7(2)8-5-3-4-6-9(8)10(11)12;1-2/h3-7,10H,1-2H3;1-2H3. The van der Waals surface area contributed by atoms with E-state index in [1.54, 1.807) is 18.2 Å². The summed E-state index contributed by atoms with van der Waals surface area (Å²) in [5.41, 5.74) is 0.903. The highest BCUT2D eigenvalue weighted by atomic mass is 19.3. The van der Waals surface area contributed by atoms with Crippen molar-refractivity contribution >= 4 is 0 Å². The van der Waals surface area contributed by atoms with Crippen molar-refractivity contribution in [1.82, 2.24) is 0 Å². The van der Waals surface area contributed by atoms with Crippen LogP contribution in [0.15, 0.2) is 24.3 Å². The van der Waals surface area contributed by atoms with E-state index in [9.17, 15) is 8.78 Å². The maximum atomic E-state index is 12.4. The van der Waals surface area contributed by atoms with Crippen molar-refractivity contribution in [1.29, 1.82) is 0 Å². The number of hydrogen-bond acceptors (Lipinski definition) is 0. The van der Waals surface area contributed by atoms with Gasteiger partial charge in [-0.15, -0.1) is 0 Å². The zero-order valence-electron chi connectivity index (χ0n) is 9.22. The third kappa shape index (κ3) is 3.44. The lowest BCUT2D eigenvalue weighted by Crippen LogP contribution is -1.95. The minimum atomic E-state index is -2.36. The van der Waals surface area contributed by atoms with Crippen LogP contribution in [0.1, 0.15) is 51.2 Å². The second-order valence-electron chi connectivity index (χ2n) is 3.08. The fourth-order valence-corrected chi connectivity index (χ4v) is 1.24. The molecule has 0 atom stereocenters. The first-order chi connectivity index (χ1) is 6.63. The van der Waals surface area contributed by atoms with Gasteiger partial charge in [0.15, 0.2) is 0 Å². The summed E-state index contributed by atoms with van der Waals surface area (Å²) in [5, 5.41) is 0. The Hall–Kier alpha value is -0.920. The summed E-state index contributed by atoms with van der Waals surface area (Å²) in [5.74, 6) is 0.162. The first kappa shape index (κ1) is 13.1. The van der Waals surface area contributed by atoms with E-state index < -0.39 is 6.43 Å². The van der Waals surface area contributed by atoms with Gasteiger partial charge in [0.25, 0.3) is 6.43 Å². The van der Waals surface area contributed by atoms with Crippen LogP contribution in [0, 0.1) is 0 Å². The molecule has 0 aliphatic rings. The summed E-state index contributed by atoms with van der Waals surface area (Å²) in [4.78, 5) is 0. The molecule has 0 amide bonds. The molecule has 14 heavy (non-hydrogen) atoms. The molecule has 0 unspecified atom stereocenters. The smallest absolute Gasteiger partial charge is 0.205 e. The summed E-state index contributed by atoms with van der Waals surface area (Å²) in [6.45, 7) is 7.84. The largest absolute Gasteiger partial charge is 0.264 e. The van der Waals surface area contributed by atoms with Gasteiger partial charge in [0.2, 0.25) is 0 Å². The topological polar surface area (TPSA) is 0 Å². The number of benzene rings is 1. The first-order valence-corrected chi connectivity index (χ1v) is 5.00. The van der Waals surface area contributed by atoms with Gasteiger partial charge in [-0.05, 0) is 11.5 Å². The molecule has 1 aromatic rings. The van der Waals surface area contributed by atoms with Crippen LogP contribution in [0.5, 0.6) is 0 Å². The van der Waals surface area contributed by atoms with Crippen molar-refractivity contribution in [2.24, 2.45) is 0 Å². The third-order valence-electron chi connectivity index (χ3n) is 1.85. The van der Waals surface area contributed by atoms with Gasteiger partial charge < -0.3 is 0 Å². The molecule has 1 aromatic carbocycles. The average Bonchev–Trinajstić information content (AvgIpc) is 2.20. The fourth-order valence-electron chi connectivity index (χ4n) is 1.24. The number of alkyl halides is 2. The zero-order chi connectivity index (χ0) is 11.1. The molecule has 80 valence electrons. The van der Waals surface area contributed by atoms with Crippen LogP contribution >= 0.6 is 0 Å². The molecular formula is C12H18F2. The van der Waals surface area contributed by atoms with Crippen LogP contribution in [-0.2, 0) is 0 Å². The van der Waals surface area contributed by atoms with Crippen LogP contribution in [0.3, 0.4) is 0 Å². The number of rotatable bonds is 2. The highest BCUT2D eigenvalue weighted by molar-refractivity contribution is 5.30. The quantitative estimate of drug-likeness (QED) is 0.644. The van der Waals surface area contributed by atoms with E-state index >= 15 is 0 Å². The first-order valence-electron chi connectivity index (χ1n) is 5.00. The van der Waals surface area contributed by atoms with Gasteiger partial charge in [0, 0.05) is 5.56 Å². The van der Waals surface area contributed by atoms with Gasteiger partial charge in [-0.3, -0.25) is 0 Å². The Morgan fingerprint density at radius 3 is 1.64 bits per heavy atom. The summed E-state index contributed by atoms with van der Waals surface area (Å²) in [7, 11) is 0. The van der Waals surface area contributed by atoms with Gasteiger partial charge >= 0.3 is 0 Å². The van der Waals surface area contributed by atoms with Gasteiger partial charge in [-0.1, -0.05) is 52.0 Å². The maximum absolute atomic E-state index is 12.4. The van der Waals surface area contributed by atoms with Gasteiger partial charge in [0.1, 0.15) is 0 Å². The van der Waals surface area contributed by atoms with E-state index in [0.29, 0.717) is 0 Å². The van der Waals surface area contributed by atoms with E-state index in [0.717, 1.165) is 5.56 Å². The Bertz CT molecular complexity index is 227. The second-order valence-corrected chi connectivity index (χ2v) is 3.08. The van der Waals surface area contributed by atoms with Crippen LogP contribution in [0.2, 0.25) is 0 Å². The monoisotopic (exact) mass is 200 g/mol. The van der Waals surface area contributed by atoms with E-state index in [-0.39, 0.29) is 11.5 Å². The van der Waals surface area contributed by atoms with Gasteiger partial charge in [-0.25, -0.2) is 8.78 Å². The lowest BCUT2D eigenvalue weighted by molar-refractivity contribution is 0.150. The minimum Gasteiger partial charge on any atom is -0.205 e. The molecule has 0 N–H and O–H groups in total. The van der Waals surface area contributed by atoms with Crippen LogP contribution in [-0.4, -0.2) is 0 Å². The second kappa shape index (κ2) is 6.52. The Balaban J connectivity index is 0.000000791. The molecule has 0 radical (unpaired) electrons. The van der Waals surface area contributed by atoms with Crippen molar-refractivity contribution in [3.63, 3.8) is 0 Å². The molecule has 1 rings (SSSR count). The Kier molecular flexibility index (Phi) is 6.09. The Morgan fingerprint density at radius 2 is 1.36 bits per heavy atom. The molecule has 0 saturated heterocycles. The molecule has 0 heterocycles. The molecule has 0 spiro atoms. The lowest BCUT2D eigenvalue weighted by atomic mass is 9.98. The molecule has 0 fully saturated rings. The summed E-state index contributed by atoms with van der Waals surface area (Å²) < 4.78 is 24.8. The predicted octanol–water partition coefficient (Wildman–Crippen LogP) is 4.77.